The first-order chi connectivity index (χ1) is 15.1. The second kappa shape index (κ2) is 8.60. The second-order valence-electron chi connectivity index (χ2n) is 9.59. The number of nitrogens with zero attached hydrogens (tertiary/aromatic N) is 3. The van der Waals surface area contributed by atoms with Crippen molar-refractivity contribution in [3.63, 3.8) is 0 Å². The summed E-state index contributed by atoms with van der Waals surface area (Å²) in [7, 11) is 2.21. The summed E-state index contributed by atoms with van der Waals surface area (Å²) < 4.78 is 1.93. The number of rotatable bonds is 4. The minimum atomic E-state index is -0.145. The molecule has 0 spiro atoms. The van der Waals surface area contributed by atoms with Crippen molar-refractivity contribution in [2.75, 3.05) is 38.5 Å². The molecule has 1 aromatic heterocycles. The highest BCUT2D eigenvalue weighted by molar-refractivity contribution is 5.92. The minimum Gasteiger partial charge on any atom is -0.321 e. The molecule has 1 amide bonds. The van der Waals surface area contributed by atoms with Crippen LogP contribution in [0.1, 0.15) is 36.4 Å². The molecule has 2 bridgehead atoms. The van der Waals surface area contributed by atoms with E-state index in [4.69, 9.17) is 0 Å². The van der Waals surface area contributed by atoms with E-state index in [1.165, 1.54) is 32.4 Å². The molecule has 31 heavy (non-hydrogen) atoms. The van der Waals surface area contributed by atoms with Crippen LogP contribution in [0.3, 0.4) is 0 Å². The molecule has 0 radical (unpaired) electrons. The lowest BCUT2D eigenvalue weighted by Gasteiger charge is -2.47. The normalized spacial score (nSPS) is 24.5. The van der Waals surface area contributed by atoms with Crippen LogP contribution in [0.25, 0.3) is 0 Å². The Labute approximate surface area is 183 Å². The van der Waals surface area contributed by atoms with E-state index in [0.717, 1.165) is 30.9 Å². The average Bonchev–Trinajstić information content (AvgIpc) is 2.77. The topological polar surface area (TPSA) is 57.6 Å². The maximum atomic E-state index is 13.2. The molecule has 6 nitrogen and oxygen atoms in total. The third-order valence-corrected chi connectivity index (χ3v) is 7.32. The van der Waals surface area contributed by atoms with Crippen LogP contribution in [0.15, 0.2) is 47.3 Å². The molecule has 0 aliphatic carbocycles. The van der Waals surface area contributed by atoms with Crippen LogP contribution in [0.2, 0.25) is 0 Å². The highest BCUT2D eigenvalue weighted by atomic mass is 16.2. The fourth-order valence-corrected chi connectivity index (χ4v) is 5.71. The number of carbonyl (C=O) groups excluding carboxylic acids is 1. The van der Waals surface area contributed by atoms with Gasteiger partial charge >= 0.3 is 0 Å². The van der Waals surface area contributed by atoms with E-state index in [1.807, 2.05) is 41.0 Å². The second-order valence-corrected chi connectivity index (χ2v) is 9.59. The zero-order valence-electron chi connectivity index (χ0n) is 18.3. The van der Waals surface area contributed by atoms with Crippen molar-refractivity contribution in [2.45, 2.75) is 44.2 Å². The SMILES string of the molecule is CN1CCC(N2C[C@@H]3C[C@H](C2)c2ccc(NC(=O)Cc4ccccc4)c(=O)n2C3)CC1. The molecule has 164 valence electrons. The van der Waals surface area contributed by atoms with Crippen LogP contribution < -0.4 is 10.9 Å². The van der Waals surface area contributed by atoms with Gasteiger partial charge in [0.25, 0.3) is 5.56 Å². The van der Waals surface area contributed by atoms with Gasteiger partial charge in [-0.25, -0.2) is 0 Å². The number of nitrogens with one attached hydrogen (secondary N) is 1. The highest BCUT2D eigenvalue weighted by Crippen LogP contribution is 2.37. The van der Waals surface area contributed by atoms with Crippen molar-refractivity contribution in [1.29, 1.82) is 0 Å². The van der Waals surface area contributed by atoms with Crippen LogP contribution in [-0.4, -0.2) is 59.5 Å². The summed E-state index contributed by atoms with van der Waals surface area (Å²) in [6.45, 7) is 5.25. The van der Waals surface area contributed by atoms with E-state index in [1.54, 1.807) is 0 Å². The van der Waals surface area contributed by atoms with E-state index >= 15 is 0 Å². The Morgan fingerprint density at radius 1 is 1.03 bits per heavy atom. The van der Waals surface area contributed by atoms with Gasteiger partial charge in [-0.05, 0) is 63.0 Å². The summed E-state index contributed by atoms with van der Waals surface area (Å²) in [5, 5.41) is 2.85. The van der Waals surface area contributed by atoms with Crippen molar-refractivity contribution < 1.29 is 4.79 Å². The van der Waals surface area contributed by atoms with Gasteiger partial charge in [0.15, 0.2) is 0 Å². The number of carbonyl (C=O) groups is 1. The van der Waals surface area contributed by atoms with E-state index in [-0.39, 0.29) is 17.9 Å². The molecule has 1 N–H and O–H groups in total. The lowest BCUT2D eigenvalue weighted by atomic mass is 9.82. The molecule has 4 heterocycles. The third kappa shape index (κ3) is 4.32. The minimum absolute atomic E-state index is 0.0543. The monoisotopic (exact) mass is 420 g/mol. The van der Waals surface area contributed by atoms with Gasteiger partial charge < -0.3 is 14.8 Å². The zero-order chi connectivity index (χ0) is 21.4. The summed E-state index contributed by atoms with van der Waals surface area (Å²) in [5.74, 6) is 0.779. The van der Waals surface area contributed by atoms with Crippen LogP contribution >= 0.6 is 0 Å². The molecule has 2 saturated heterocycles. The molecule has 2 atom stereocenters. The smallest absolute Gasteiger partial charge is 0.274 e. The van der Waals surface area contributed by atoms with Crippen LogP contribution in [-0.2, 0) is 17.8 Å². The van der Waals surface area contributed by atoms with Crippen molar-refractivity contribution in [2.24, 2.45) is 5.92 Å². The number of amides is 1. The maximum Gasteiger partial charge on any atom is 0.274 e. The van der Waals surface area contributed by atoms with E-state index < -0.39 is 0 Å². The van der Waals surface area contributed by atoms with E-state index in [9.17, 15) is 9.59 Å². The summed E-state index contributed by atoms with van der Waals surface area (Å²) in [6.07, 6.45) is 3.94. The highest BCUT2D eigenvalue weighted by Gasteiger charge is 2.37. The molecule has 2 fully saturated rings. The Hall–Kier alpha value is -2.44. The number of anilines is 1. The summed E-state index contributed by atoms with van der Waals surface area (Å²) in [5.41, 5.74) is 2.43. The number of likely N-dealkylation sites (tertiary alicyclic amines) is 2. The molecule has 6 heteroatoms. The van der Waals surface area contributed by atoms with Crippen molar-refractivity contribution in [1.82, 2.24) is 14.4 Å². The Morgan fingerprint density at radius 3 is 2.58 bits per heavy atom. The Bertz CT molecular complexity index is 994. The first-order valence-electron chi connectivity index (χ1n) is 11.6. The number of hydrogen-bond donors (Lipinski definition) is 1. The Balaban J connectivity index is 1.30. The van der Waals surface area contributed by atoms with Crippen LogP contribution in [0.4, 0.5) is 5.69 Å². The lowest BCUT2D eigenvalue weighted by molar-refractivity contribution is -0.115. The molecule has 5 rings (SSSR count). The average molecular weight is 421 g/mol. The Morgan fingerprint density at radius 2 is 1.81 bits per heavy atom. The van der Waals surface area contributed by atoms with Gasteiger partial charge in [0.1, 0.15) is 5.69 Å². The van der Waals surface area contributed by atoms with Gasteiger partial charge in [-0.3, -0.25) is 14.5 Å². The fraction of sp³-hybridized carbons (Fsp3) is 0.520. The third-order valence-electron chi connectivity index (χ3n) is 7.32. The molecular formula is C25H32N4O2. The largest absolute Gasteiger partial charge is 0.321 e. The molecular weight excluding hydrogens is 388 g/mol. The lowest BCUT2D eigenvalue weighted by Crippen LogP contribution is -2.53. The van der Waals surface area contributed by atoms with Crippen molar-refractivity contribution >= 4 is 11.6 Å². The molecule has 1 aromatic carbocycles. The van der Waals surface area contributed by atoms with Gasteiger partial charge in [-0.1, -0.05) is 30.3 Å². The quantitative estimate of drug-likeness (QED) is 0.826. The van der Waals surface area contributed by atoms with Crippen LogP contribution in [0, 0.1) is 5.92 Å². The van der Waals surface area contributed by atoms with E-state index in [0.29, 0.717) is 23.6 Å². The number of piperidine rings is 2. The first-order valence-corrected chi connectivity index (χ1v) is 11.6. The molecule has 2 aromatic rings. The van der Waals surface area contributed by atoms with Crippen molar-refractivity contribution in [3.05, 3.63) is 64.1 Å². The number of aromatic nitrogens is 1. The summed E-state index contributed by atoms with van der Waals surface area (Å²) in [4.78, 5) is 30.8. The number of pyridine rings is 1. The van der Waals surface area contributed by atoms with Crippen LogP contribution in [0.5, 0.6) is 0 Å². The predicted molar refractivity (Wildman–Crippen MR) is 122 cm³/mol. The first kappa shape index (κ1) is 20.5. The predicted octanol–water partition coefficient (Wildman–Crippen LogP) is 2.54. The molecule has 3 aliphatic rings. The van der Waals surface area contributed by atoms with Gasteiger partial charge in [0, 0.05) is 37.3 Å². The van der Waals surface area contributed by atoms with E-state index in [2.05, 4.69) is 28.2 Å². The fourth-order valence-electron chi connectivity index (χ4n) is 5.71. The summed E-state index contributed by atoms with van der Waals surface area (Å²) in [6, 6.07) is 14.2. The molecule has 3 aliphatic heterocycles. The number of hydrogen-bond acceptors (Lipinski definition) is 4. The Kier molecular flexibility index (Phi) is 5.67. The zero-order valence-corrected chi connectivity index (χ0v) is 18.3. The summed E-state index contributed by atoms with van der Waals surface area (Å²) >= 11 is 0. The molecule has 0 saturated carbocycles. The number of benzene rings is 1. The molecule has 0 unspecified atom stereocenters. The van der Waals surface area contributed by atoms with Gasteiger partial charge in [0.2, 0.25) is 5.91 Å². The van der Waals surface area contributed by atoms with Gasteiger partial charge in [-0.15, -0.1) is 0 Å². The van der Waals surface area contributed by atoms with Gasteiger partial charge in [-0.2, -0.15) is 0 Å². The maximum absolute atomic E-state index is 13.2. The van der Waals surface area contributed by atoms with Crippen molar-refractivity contribution in [3.8, 4) is 0 Å². The number of fused-ring (bicyclic) bond motifs is 4. The standard InChI is InChI=1S/C25H32N4O2/c1-27-11-9-21(10-12-27)28-15-19-13-20(17-28)23-8-7-22(25(31)29(23)16-19)26-24(30)14-18-5-3-2-4-6-18/h2-8,19-21H,9-17H2,1H3,(H,26,30)/t19-,20+/m0/s1. The van der Waals surface area contributed by atoms with Gasteiger partial charge in [0.05, 0.1) is 6.42 Å².